The number of methoxy groups -OCH3 is 1. The van der Waals surface area contributed by atoms with Gasteiger partial charge in [-0.25, -0.2) is 15.0 Å². The molecule has 0 atom stereocenters. The van der Waals surface area contributed by atoms with Gasteiger partial charge in [0.15, 0.2) is 5.82 Å². The Morgan fingerprint density at radius 3 is 2.58 bits per heavy atom. The summed E-state index contributed by atoms with van der Waals surface area (Å²) >= 11 is 6.52. The highest BCUT2D eigenvalue weighted by atomic mass is 35.5. The average molecular weight is 508 g/mol. The van der Waals surface area contributed by atoms with Gasteiger partial charge in [-0.2, -0.15) is 4.98 Å². The lowest BCUT2D eigenvalue weighted by molar-refractivity contribution is 0.0688. The van der Waals surface area contributed by atoms with Crippen LogP contribution in [0.3, 0.4) is 0 Å². The minimum Gasteiger partial charge on any atom is -0.481 e. The molecule has 1 N–H and O–H groups in total. The summed E-state index contributed by atoms with van der Waals surface area (Å²) in [4.78, 5) is 30.9. The van der Waals surface area contributed by atoms with Crippen LogP contribution in [0.5, 0.6) is 11.8 Å². The number of ether oxygens (including phenoxy) is 2. The first-order chi connectivity index (χ1) is 17.1. The lowest BCUT2D eigenvalue weighted by atomic mass is 10.1. The number of benzene rings is 1. The van der Waals surface area contributed by atoms with Crippen LogP contribution in [0.25, 0.3) is 16.9 Å². The molecule has 186 valence electrons. The Labute approximate surface area is 213 Å². The second kappa shape index (κ2) is 10.0. The van der Waals surface area contributed by atoms with Crippen LogP contribution >= 0.6 is 11.6 Å². The van der Waals surface area contributed by atoms with Crippen molar-refractivity contribution >= 4 is 11.6 Å². The van der Waals surface area contributed by atoms with E-state index in [9.17, 15) is 9.90 Å². The molecular weight excluding hydrogens is 482 g/mol. The van der Waals surface area contributed by atoms with Crippen LogP contribution in [0.1, 0.15) is 36.8 Å². The van der Waals surface area contributed by atoms with Crippen molar-refractivity contribution in [2.24, 2.45) is 0 Å². The van der Waals surface area contributed by atoms with Crippen molar-refractivity contribution < 1.29 is 14.6 Å². The van der Waals surface area contributed by atoms with Gasteiger partial charge in [0.2, 0.25) is 11.8 Å². The maximum atomic E-state index is 13.4. The Morgan fingerprint density at radius 1 is 1.08 bits per heavy atom. The Bertz CT molecular complexity index is 1480. The monoisotopic (exact) mass is 507 g/mol. The number of aliphatic hydroxyl groups is 1. The van der Waals surface area contributed by atoms with Crippen molar-refractivity contribution in [1.82, 2.24) is 24.5 Å². The molecule has 4 rings (SSSR count). The van der Waals surface area contributed by atoms with E-state index in [1.165, 1.54) is 4.57 Å². The molecule has 0 bridgehead atoms. The van der Waals surface area contributed by atoms with Crippen LogP contribution in [-0.2, 0) is 12.2 Å². The summed E-state index contributed by atoms with van der Waals surface area (Å²) in [5.74, 6) is 1.38. The Hall–Kier alpha value is -3.82. The fourth-order valence-corrected chi connectivity index (χ4v) is 3.76. The van der Waals surface area contributed by atoms with Crippen molar-refractivity contribution in [2.45, 2.75) is 39.9 Å². The van der Waals surface area contributed by atoms with E-state index in [1.54, 1.807) is 77.4 Å². The first-order valence-electron chi connectivity index (χ1n) is 11.2. The molecule has 0 saturated heterocycles. The number of pyridine rings is 1. The Balaban J connectivity index is 1.71. The van der Waals surface area contributed by atoms with Gasteiger partial charge in [0.05, 0.1) is 34.8 Å². The van der Waals surface area contributed by atoms with E-state index in [0.717, 1.165) is 0 Å². The lowest BCUT2D eigenvalue weighted by Crippen LogP contribution is -2.25. The quantitative estimate of drug-likeness (QED) is 0.396. The largest absolute Gasteiger partial charge is 0.481 e. The van der Waals surface area contributed by atoms with Crippen molar-refractivity contribution in [3.8, 4) is 28.7 Å². The van der Waals surface area contributed by atoms with Crippen LogP contribution < -0.4 is 15.0 Å². The van der Waals surface area contributed by atoms with Gasteiger partial charge < -0.3 is 14.6 Å². The van der Waals surface area contributed by atoms with Gasteiger partial charge in [-0.1, -0.05) is 23.7 Å². The van der Waals surface area contributed by atoms with Crippen molar-refractivity contribution in [1.29, 1.82) is 0 Å². The van der Waals surface area contributed by atoms with Gasteiger partial charge in [0.25, 0.3) is 5.56 Å². The number of rotatable bonds is 7. The van der Waals surface area contributed by atoms with Crippen LogP contribution in [-0.4, -0.2) is 36.7 Å². The summed E-state index contributed by atoms with van der Waals surface area (Å²) in [5, 5.41) is 10.7. The second-order valence-corrected chi connectivity index (χ2v) is 9.09. The van der Waals surface area contributed by atoms with E-state index in [-0.39, 0.29) is 23.9 Å². The minimum absolute atomic E-state index is 0.126. The molecule has 10 heteroatoms. The molecule has 4 aromatic rings. The molecule has 0 aliphatic rings. The number of aromatic nitrogens is 5. The summed E-state index contributed by atoms with van der Waals surface area (Å²) in [6.07, 6.45) is 1.58. The topological polar surface area (TPSA) is 112 Å². The van der Waals surface area contributed by atoms with E-state index in [1.807, 2.05) is 6.07 Å². The number of nitrogens with zero attached hydrogens (tertiary/aromatic N) is 5. The van der Waals surface area contributed by atoms with Gasteiger partial charge in [-0.3, -0.25) is 9.36 Å². The molecule has 0 aliphatic carbocycles. The molecule has 9 nitrogen and oxygen atoms in total. The first kappa shape index (κ1) is 25.3. The molecular formula is C26H26ClN5O4. The van der Waals surface area contributed by atoms with Crippen molar-refractivity contribution in [3.05, 3.63) is 86.9 Å². The van der Waals surface area contributed by atoms with E-state index >= 15 is 0 Å². The molecule has 0 saturated carbocycles. The molecule has 0 spiro atoms. The van der Waals surface area contributed by atoms with Crippen LogP contribution in [0, 0.1) is 13.8 Å². The van der Waals surface area contributed by atoms with Crippen molar-refractivity contribution in [3.63, 3.8) is 0 Å². The van der Waals surface area contributed by atoms with Gasteiger partial charge >= 0.3 is 0 Å². The summed E-state index contributed by atoms with van der Waals surface area (Å²) in [5.41, 5.74) is 1.21. The fraction of sp³-hybridized carbons (Fsp3) is 0.269. The SMILES string of the molecule is COc1cccc(COc2nc(C)n(-c3cc(-c4ccnc(C(C)(C)O)n4)ccc3Cl)c(=O)c2C)n1. The number of aryl methyl sites for hydroxylation is 1. The van der Waals surface area contributed by atoms with Gasteiger partial charge in [-0.05, 0) is 52.0 Å². The average Bonchev–Trinajstić information content (AvgIpc) is 2.86. The van der Waals surface area contributed by atoms with Crippen LogP contribution in [0.15, 0.2) is 53.5 Å². The first-order valence-corrected chi connectivity index (χ1v) is 11.6. The highest BCUT2D eigenvalue weighted by Gasteiger charge is 2.21. The maximum absolute atomic E-state index is 13.4. The molecule has 0 fully saturated rings. The molecule has 3 aromatic heterocycles. The summed E-state index contributed by atoms with van der Waals surface area (Å²) in [6, 6.07) is 12.3. The fourth-order valence-electron chi connectivity index (χ4n) is 3.56. The lowest BCUT2D eigenvalue weighted by Gasteiger charge is -2.17. The number of halogens is 1. The highest BCUT2D eigenvalue weighted by Crippen LogP contribution is 2.28. The molecule has 0 unspecified atom stereocenters. The molecule has 0 aliphatic heterocycles. The van der Waals surface area contributed by atoms with Gasteiger partial charge in [0.1, 0.15) is 18.0 Å². The second-order valence-electron chi connectivity index (χ2n) is 8.68. The van der Waals surface area contributed by atoms with Gasteiger partial charge in [-0.15, -0.1) is 0 Å². The summed E-state index contributed by atoms with van der Waals surface area (Å²) in [6.45, 7) is 6.71. The van der Waals surface area contributed by atoms with E-state index in [2.05, 4.69) is 19.9 Å². The molecule has 0 radical (unpaired) electrons. The summed E-state index contributed by atoms with van der Waals surface area (Å²) in [7, 11) is 1.54. The van der Waals surface area contributed by atoms with Gasteiger partial charge in [0, 0.05) is 17.8 Å². The molecule has 36 heavy (non-hydrogen) atoms. The maximum Gasteiger partial charge on any atom is 0.264 e. The van der Waals surface area contributed by atoms with E-state index < -0.39 is 5.60 Å². The zero-order valence-corrected chi connectivity index (χ0v) is 21.4. The third-order valence-electron chi connectivity index (χ3n) is 5.46. The Morgan fingerprint density at radius 2 is 1.86 bits per heavy atom. The molecule has 1 aromatic carbocycles. The van der Waals surface area contributed by atoms with E-state index in [4.69, 9.17) is 21.1 Å². The number of hydrogen-bond acceptors (Lipinski definition) is 8. The third kappa shape index (κ3) is 5.22. The third-order valence-corrected chi connectivity index (χ3v) is 5.78. The van der Waals surface area contributed by atoms with Crippen LogP contribution in [0.4, 0.5) is 0 Å². The van der Waals surface area contributed by atoms with E-state index in [0.29, 0.717) is 44.9 Å². The predicted octanol–water partition coefficient (Wildman–Crippen LogP) is 4.17. The zero-order chi connectivity index (χ0) is 26.0. The minimum atomic E-state index is -1.20. The number of hydrogen-bond donors (Lipinski definition) is 1. The predicted molar refractivity (Wildman–Crippen MR) is 136 cm³/mol. The Kier molecular flexibility index (Phi) is 7.05. The standard InChI is InChI=1S/C26H26ClN5O4/c1-15-23(36-14-18-7-6-8-22(30-18)35-5)29-16(2)32(24(15)33)21-13-17(9-10-19(21)27)20-11-12-28-25(31-20)26(3,4)34/h6-13,34H,14H2,1-5H3. The zero-order valence-electron chi connectivity index (χ0n) is 20.6. The smallest absolute Gasteiger partial charge is 0.264 e. The highest BCUT2D eigenvalue weighted by molar-refractivity contribution is 6.32. The van der Waals surface area contributed by atoms with Crippen molar-refractivity contribution in [2.75, 3.05) is 7.11 Å². The normalized spacial score (nSPS) is 11.4. The summed E-state index contributed by atoms with van der Waals surface area (Å²) < 4.78 is 12.4. The molecule has 3 heterocycles. The van der Waals surface area contributed by atoms with Crippen LogP contribution in [0.2, 0.25) is 5.02 Å². The molecule has 0 amide bonds.